The van der Waals surface area contributed by atoms with Crippen LogP contribution in [0.15, 0.2) is 38.2 Å². The van der Waals surface area contributed by atoms with Gasteiger partial charge < -0.3 is 4.52 Å². The third kappa shape index (κ3) is 5.42. The van der Waals surface area contributed by atoms with Gasteiger partial charge in [-0.2, -0.15) is 0 Å². The van der Waals surface area contributed by atoms with E-state index in [4.69, 9.17) is 9.05 Å². The highest BCUT2D eigenvalue weighted by molar-refractivity contribution is 7.48. The first-order valence-corrected chi connectivity index (χ1v) is 5.05. The van der Waals surface area contributed by atoms with E-state index in [1.165, 1.54) is 12.2 Å². The van der Waals surface area contributed by atoms with E-state index >= 15 is 0 Å². The van der Waals surface area contributed by atoms with Gasteiger partial charge in [0.05, 0.1) is 19.5 Å². The molecule has 4 nitrogen and oxygen atoms in total. The lowest BCUT2D eigenvalue weighted by atomic mass is 10.7. The Morgan fingerprint density at radius 1 is 1.08 bits per heavy atom. The van der Waals surface area contributed by atoms with Crippen molar-refractivity contribution in [3.8, 4) is 0 Å². The van der Waals surface area contributed by atoms with Crippen molar-refractivity contribution in [2.45, 2.75) is 0 Å². The zero-order valence-electron chi connectivity index (χ0n) is 7.35. The Labute approximate surface area is 78.1 Å². The number of hydrogen-bond acceptors (Lipinski definition) is 4. The van der Waals surface area contributed by atoms with E-state index in [9.17, 15) is 4.57 Å². The standard InChI is InChI=1S/C8H13O4P/c1-4-7-11-13(9,10-6-3)12-8-5-2/h4-6H,1-3,7-8H2. The van der Waals surface area contributed by atoms with Crippen LogP contribution in [0.3, 0.4) is 0 Å². The molecule has 0 rings (SSSR count). The smallest absolute Gasteiger partial charge is 0.413 e. The number of phosphoric acid groups is 1. The summed E-state index contributed by atoms with van der Waals surface area (Å²) in [5.41, 5.74) is 0. The molecule has 0 aliphatic rings. The number of hydrogen-bond donors (Lipinski definition) is 0. The van der Waals surface area contributed by atoms with Gasteiger partial charge in [0.2, 0.25) is 0 Å². The molecule has 0 heterocycles. The van der Waals surface area contributed by atoms with Crippen LogP contribution in [0, 0.1) is 0 Å². The molecule has 0 fully saturated rings. The summed E-state index contributed by atoms with van der Waals surface area (Å²) in [6, 6.07) is 0. The Balaban J connectivity index is 4.14. The zero-order chi connectivity index (χ0) is 10.2. The molecule has 0 radical (unpaired) electrons. The third-order valence-corrected chi connectivity index (χ3v) is 2.24. The second kappa shape index (κ2) is 6.66. The van der Waals surface area contributed by atoms with E-state index in [-0.39, 0.29) is 13.2 Å². The van der Waals surface area contributed by atoms with Crippen LogP contribution in [0.1, 0.15) is 0 Å². The molecule has 0 saturated heterocycles. The van der Waals surface area contributed by atoms with Crippen LogP contribution >= 0.6 is 7.82 Å². The van der Waals surface area contributed by atoms with E-state index in [1.807, 2.05) is 0 Å². The Morgan fingerprint density at radius 2 is 1.54 bits per heavy atom. The second-order valence-electron chi connectivity index (χ2n) is 1.89. The molecule has 0 spiro atoms. The van der Waals surface area contributed by atoms with Gasteiger partial charge in [0, 0.05) is 0 Å². The summed E-state index contributed by atoms with van der Waals surface area (Å²) >= 11 is 0. The Hall–Kier alpha value is -0.830. The fourth-order valence-electron chi connectivity index (χ4n) is 0.477. The highest BCUT2D eigenvalue weighted by Crippen LogP contribution is 2.49. The fourth-order valence-corrected chi connectivity index (χ4v) is 1.43. The van der Waals surface area contributed by atoms with Crippen molar-refractivity contribution < 1.29 is 18.1 Å². The van der Waals surface area contributed by atoms with Crippen LogP contribution in [-0.2, 0) is 18.1 Å². The first-order valence-electron chi connectivity index (χ1n) is 3.58. The predicted molar refractivity (Wildman–Crippen MR) is 51.2 cm³/mol. The topological polar surface area (TPSA) is 44.8 Å². The van der Waals surface area contributed by atoms with Gasteiger partial charge in [-0.05, 0) is 0 Å². The maximum atomic E-state index is 11.5. The Bertz CT molecular complexity index is 208. The second-order valence-corrected chi connectivity index (χ2v) is 3.51. The molecule has 0 aromatic carbocycles. The molecule has 0 bridgehead atoms. The summed E-state index contributed by atoms with van der Waals surface area (Å²) in [4.78, 5) is 0. The molecule has 0 saturated carbocycles. The summed E-state index contributed by atoms with van der Waals surface area (Å²) in [6.07, 6.45) is 3.89. The minimum Gasteiger partial charge on any atom is -0.413 e. The molecule has 13 heavy (non-hydrogen) atoms. The van der Waals surface area contributed by atoms with Gasteiger partial charge in [-0.1, -0.05) is 18.7 Å². The molecular formula is C8H13O4P. The van der Waals surface area contributed by atoms with Crippen LogP contribution in [0.25, 0.3) is 0 Å². The average Bonchev–Trinajstić information content (AvgIpc) is 2.12. The molecule has 0 atom stereocenters. The summed E-state index contributed by atoms with van der Waals surface area (Å²) in [5.74, 6) is 0. The van der Waals surface area contributed by atoms with Crippen molar-refractivity contribution in [1.29, 1.82) is 0 Å². The summed E-state index contributed by atoms with van der Waals surface area (Å²) < 4.78 is 25.7. The van der Waals surface area contributed by atoms with Gasteiger partial charge in [-0.15, -0.1) is 13.2 Å². The molecule has 74 valence electrons. The lowest BCUT2D eigenvalue weighted by molar-refractivity contribution is 0.166. The van der Waals surface area contributed by atoms with Crippen LogP contribution in [0.2, 0.25) is 0 Å². The molecule has 0 N–H and O–H groups in total. The highest BCUT2D eigenvalue weighted by atomic mass is 31.2. The third-order valence-electron chi connectivity index (χ3n) is 0.905. The zero-order valence-corrected chi connectivity index (χ0v) is 8.24. The maximum Gasteiger partial charge on any atom is 0.530 e. The van der Waals surface area contributed by atoms with E-state index in [0.717, 1.165) is 6.26 Å². The average molecular weight is 204 g/mol. The van der Waals surface area contributed by atoms with Crippen molar-refractivity contribution in [3.05, 3.63) is 38.2 Å². The minimum atomic E-state index is -3.51. The quantitative estimate of drug-likeness (QED) is 0.346. The Morgan fingerprint density at radius 3 is 1.85 bits per heavy atom. The monoisotopic (exact) mass is 204 g/mol. The fraction of sp³-hybridized carbons (Fsp3) is 0.250. The maximum absolute atomic E-state index is 11.5. The lowest BCUT2D eigenvalue weighted by Gasteiger charge is -2.13. The summed E-state index contributed by atoms with van der Waals surface area (Å²) in [7, 11) is -3.51. The highest BCUT2D eigenvalue weighted by Gasteiger charge is 2.25. The van der Waals surface area contributed by atoms with E-state index < -0.39 is 7.82 Å². The predicted octanol–water partition coefficient (Wildman–Crippen LogP) is 2.66. The van der Waals surface area contributed by atoms with E-state index in [1.54, 1.807) is 0 Å². The van der Waals surface area contributed by atoms with Gasteiger partial charge in [0.25, 0.3) is 0 Å². The first-order chi connectivity index (χ1) is 6.18. The van der Waals surface area contributed by atoms with Crippen molar-refractivity contribution in [3.63, 3.8) is 0 Å². The molecule has 0 aliphatic heterocycles. The van der Waals surface area contributed by atoms with E-state index in [0.29, 0.717) is 0 Å². The summed E-state index contributed by atoms with van der Waals surface area (Å²) in [6.45, 7) is 10.2. The first kappa shape index (κ1) is 12.2. The van der Waals surface area contributed by atoms with Crippen molar-refractivity contribution in [2.75, 3.05) is 13.2 Å². The van der Waals surface area contributed by atoms with Gasteiger partial charge in [-0.3, -0.25) is 9.05 Å². The van der Waals surface area contributed by atoms with Gasteiger partial charge in [-0.25, -0.2) is 4.57 Å². The van der Waals surface area contributed by atoms with Crippen molar-refractivity contribution in [2.24, 2.45) is 0 Å². The minimum absolute atomic E-state index is 0.0856. The van der Waals surface area contributed by atoms with Gasteiger partial charge in [0.1, 0.15) is 0 Å². The van der Waals surface area contributed by atoms with Gasteiger partial charge >= 0.3 is 7.82 Å². The molecule has 0 amide bonds. The summed E-state index contributed by atoms with van der Waals surface area (Å²) in [5, 5.41) is 0. The lowest BCUT2D eigenvalue weighted by Crippen LogP contribution is -1.97. The van der Waals surface area contributed by atoms with E-state index in [2.05, 4.69) is 24.3 Å². The molecule has 5 heteroatoms. The van der Waals surface area contributed by atoms with Crippen LogP contribution < -0.4 is 0 Å². The van der Waals surface area contributed by atoms with Crippen molar-refractivity contribution >= 4 is 7.82 Å². The Kier molecular flexibility index (Phi) is 6.24. The van der Waals surface area contributed by atoms with Crippen molar-refractivity contribution in [1.82, 2.24) is 0 Å². The SMILES string of the molecule is C=CCOP(=O)(OC=C)OCC=C. The molecule has 0 aromatic rings. The molecule has 0 aromatic heterocycles. The molecular weight excluding hydrogens is 191 g/mol. The number of rotatable bonds is 8. The number of phosphoric ester groups is 1. The van der Waals surface area contributed by atoms with Crippen LogP contribution in [-0.4, -0.2) is 13.2 Å². The molecule has 0 unspecified atom stereocenters. The van der Waals surface area contributed by atoms with Gasteiger partial charge in [0.15, 0.2) is 0 Å². The largest absolute Gasteiger partial charge is 0.530 e. The normalized spacial score (nSPS) is 10.5. The van der Waals surface area contributed by atoms with Crippen LogP contribution in [0.4, 0.5) is 0 Å². The van der Waals surface area contributed by atoms with Crippen LogP contribution in [0.5, 0.6) is 0 Å². The molecule has 0 aliphatic carbocycles.